The highest BCUT2D eigenvalue weighted by atomic mass is 32.2. The standard InChI is InChI=1S/C32H28F3N7OS2/c33-32(34,35)25-11-4-12-26(19-25)42-29(24-10-5-13-36-20-24)38-39-31(42)45-22-28-37-27(21-44-28)30(43)41-17-15-40(16-18-41)14-6-9-23-7-2-1-3-8-23/h1-13,19-21H,14-18,22H2/b9-6+. The van der Waals surface area contributed by atoms with Gasteiger partial charge in [-0.05, 0) is 35.9 Å². The Hall–Kier alpha value is -4.33. The minimum atomic E-state index is -4.50. The van der Waals surface area contributed by atoms with Gasteiger partial charge in [-0.25, -0.2) is 4.98 Å². The van der Waals surface area contributed by atoms with Gasteiger partial charge in [0.05, 0.1) is 17.0 Å². The third-order valence-electron chi connectivity index (χ3n) is 7.21. The molecular weight excluding hydrogens is 620 g/mol. The topological polar surface area (TPSA) is 80.0 Å². The molecule has 1 fully saturated rings. The fraction of sp³-hybridized carbons (Fsp3) is 0.219. The molecule has 0 spiro atoms. The van der Waals surface area contributed by atoms with E-state index in [-0.39, 0.29) is 11.6 Å². The smallest absolute Gasteiger partial charge is 0.335 e. The van der Waals surface area contributed by atoms with E-state index >= 15 is 0 Å². The number of alkyl halides is 3. The molecule has 4 heterocycles. The quantitative estimate of drug-likeness (QED) is 0.168. The van der Waals surface area contributed by atoms with E-state index in [1.54, 1.807) is 40.5 Å². The van der Waals surface area contributed by atoms with Gasteiger partial charge in [-0.1, -0.05) is 60.3 Å². The highest BCUT2D eigenvalue weighted by Gasteiger charge is 2.31. The summed E-state index contributed by atoms with van der Waals surface area (Å²) in [5.74, 6) is 0.631. The van der Waals surface area contributed by atoms with Gasteiger partial charge < -0.3 is 4.90 Å². The maximum absolute atomic E-state index is 13.5. The molecule has 0 N–H and O–H groups in total. The molecule has 0 unspecified atom stereocenters. The Kier molecular flexibility index (Phi) is 9.38. The van der Waals surface area contributed by atoms with Gasteiger partial charge >= 0.3 is 6.18 Å². The van der Waals surface area contributed by atoms with Gasteiger partial charge in [-0.2, -0.15) is 13.2 Å². The number of thiazole rings is 1. The van der Waals surface area contributed by atoms with Crippen molar-refractivity contribution in [2.24, 2.45) is 0 Å². The number of hydrogen-bond acceptors (Lipinski definition) is 8. The van der Waals surface area contributed by atoms with Crippen LogP contribution >= 0.6 is 23.1 Å². The fourth-order valence-electron chi connectivity index (χ4n) is 4.90. The number of aromatic nitrogens is 5. The van der Waals surface area contributed by atoms with Crippen molar-refractivity contribution in [2.75, 3.05) is 32.7 Å². The van der Waals surface area contributed by atoms with E-state index in [9.17, 15) is 18.0 Å². The molecule has 2 aromatic carbocycles. The summed E-state index contributed by atoms with van der Waals surface area (Å²) in [6, 6.07) is 18.7. The number of thioether (sulfide) groups is 1. The second kappa shape index (κ2) is 13.8. The molecule has 230 valence electrons. The van der Waals surface area contributed by atoms with E-state index in [1.165, 1.54) is 29.2 Å². The first kappa shape index (κ1) is 30.7. The predicted molar refractivity (Wildman–Crippen MR) is 169 cm³/mol. The number of amides is 1. The van der Waals surface area contributed by atoms with Crippen LogP contribution in [0.2, 0.25) is 0 Å². The van der Waals surface area contributed by atoms with Crippen molar-refractivity contribution in [1.82, 2.24) is 34.5 Å². The van der Waals surface area contributed by atoms with E-state index in [0.29, 0.717) is 46.1 Å². The van der Waals surface area contributed by atoms with Crippen molar-refractivity contribution in [3.8, 4) is 17.1 Å². The van der Waals surface area contributed by atoms with Crippen LogP contribution < -0.4 is 0 Å². The molecule has 1 amide bonds. The average Bonchev–Trinajstić information content (AvgIpc) is 3.72. The van der Waals surface area contributed by atoms with Crippen molar-refractivity contribution >= 4 is 35.1 Å². The predicted octanol–water partition coefficient (Wildman–Crippen LogP) is 6.57. The van der Waals surface area contributed by atoms with Gasteiger partial charge in [0.2, 0.25) is 0 Å². The molecule has 8 nitrogen and oxygen atoms in total. The van der Waals surface area contributed by atoms with Crippen LogP contribution in [0.15, 0.2) is 95.7 Å². The number of piperazine rings is 1. The van der Waals surface area contributed by atoms with Crippen LogP contribution in [-0.4, -0.2) is 73.2 Å². The Balaban J connectivity index is 1.11. The molecule has 0 atom stereocenters. The molecule has 0 radical (unpaired) electrons. The SMILES string of the molecule is O=C(c1csc(CSc2nnc(-c3cccnc3)n2-c2cccc(C(F)(F)F)c2)n1)N1CCN(C/C=C/c2ccccc2)CC1. The number of carbonyl (C=O) groups is 1. The van der Waals surface area contributed by atoms with Crippen LogP contribution in [0.5, 0.6) is 0 Å². The number of pyridine rings is 1. The Morgan fingerprint density at radius 2 is 1.80 bits per heavy atom. The molecule has 6 rings (SSSR count). The number of carbonyl (C=O) groups excluding carboxylic acids is 1. The van der Waals surface area contributed by atoms with E-state index in [0.717, 1.165) is 37.3 Å². The third kappa shape index (κ3) is 7.49. The Labute approximate surface area is 266 Å². The molecule has 1 aliphatic heterocycles. The minimum absolute atomic E-state index is 0.104. The Bertz CT molecular complexity index is 1770. The first-order chi connectivity index (χ1) is 21.8. The number of halogens is 3. The molecule has 13 heteroatoms. The molecule has 0 saturated carbocycles. The summed E-state index contributed by atoms with van der Waals surface area (Å²) < 4.78 is 42.2. The zero-order valence-corrected chi connectivity index (χ0v) is 25.6. The lowest BCUT2D eigenvalue weighted by atomic mass is 10.2. The first-order valence-electron chi connectivity index (χ1n) is 14.2. The molecule has 1 aliphatic rings. The molecule has 3 aromatic heterocycles. The number of hydrogen-bond donors (Lipinski definition) is 0. The van der Waals surface area contributed by atoms with E-state index in [1.807, 2.05) is 23.1 Å². The molecular formula is C32H28F3N7OS2. The van der Waals surface area contributed by atoms with Crippen molar-refractivity contribution in [1.29, 1.82) is 0 Å². The zero-order chi connectivity index (χ0) is 31.2. The van der Waals surface area contributed by atoms with E-state index in [4.69, 9.17) is 0 Å². The van der Waals surface area contributed by atoms with Crippen molar-refractivity contribution < 1.29 is 18.0 Å². The van der Waals surface area contributed by atoms with Gasteiger partial charge in [0.1, 0.15) is 10.7 Å². The maximum Gasteiger partial charge on any atom is 0.416 e. The summed E-state index contributed by atoms with van der Waals surface area (Å²) in [4.78, 5) is 26.1. The molecule has 0 bridgehead atoms. The monoisotopic (exact) mass is 647 g/mol. The number of benzene rings is 2. The van der Waals surface area contributed by atoms with Crippen LogP contribution in [0.1, 0.15) is 26.6 Å². The Morgan fingerprint density at radius 1 is 0.978 bits per heavy atom. The second-order valence-electron chi connectivity index (χ2n) is 10.3. The van der Waals surface area contributed by atoms with E-state index < -0.39 is 11.7 Å². The van der Waals surface area contributed by atoms with E-state index in [2.05, 4.69) is 49.4 Å². The highest BCUT2D eigenvalue weighted by molar-refractivity contribution is 7.98. The lowest BCUT2D eigenvalue weighted by Crippen LogP contribution is -2.48. The number of nitrogens with zero attached hydrogens (tertiary/aromatic N) is 7. The van der Waals surface area contributed by atoms with Crippen molar-refractivity contribution in [3.63, 3.8) is 0 Å². The normalized spacial score (nSPS) is 14.3. The third-order valence-corrected chi connectivity index (χ3v) is 9.19. The fourth-order valence-corrected chi connectivity index (χ4v) is 6.64. The van der Waals surface area contributed by atoms with Gasteiger partial charge in [-0.15, -0.1) is 21.5 Å². The molecule has 0 aliphatic carbocycles. The van der Waals surface area contributed by atoms with Crippen LogP contribution in [0.4, 0.5) is 13.2 Å². The van der Waals surface area contributed by atoms with Crippen molar-refractivity contribution in [3.05, 3.63) is 112 Å². The lowest BCUT2D eigenvalue weighted by molar-refractivity contribution is -0.137. The second-order valence-corrected chi connectivity index (χ2v) is 12.1. The number of rotatable bonds is 9. The van der Waals surface area contributed by atoms with Crippen LogP contribution in [0, 0.1) is 0 Å². The molecule has 1 saturated heterocycles. The van der Waals surface area contributed by atoms with Crippen LogP contribution in [0.25, 0.3) is 23.2 Å². The maximum atomic E-state index is 13.5. The van der Waals surface area contributed by atoms with Crippen LogP contribution in [-0.2, 0) is 11.9 Å². The van der Waals surface area contributed by atoms with Crippen molar-refractivity contribution in [2.45, 2.75) is 17.1 Å². The minimum Gasteiger partial charge on any atom is -0.335 e. The van der Waals surface area contributed by atoms with Gasteiger partial charge in [0.15, 0.2) is 11.0 Å². The van der Waals surface area contributed by atoms with Gasteiger partial charge in [0.25, 0.3) is 5.91 Å². The van der Waals surface area contributed by atoms with Gasteiger partial charge in [0, 0.05) is 56.1 Å². The average molecular weight is 648 g/mol. The van der Waals surface area contributed by atoms with Crippen LogP contribution in [0.3, 0.4) is 0 Å². The lowest BCUT2D eigenvalue weighted by Gasteiger charge is -2.33. The Morgan fingerprint density at radius 3 is 2.56 bits per heavy atom. The molecule has 45 heavy (non-hydrogen) atoms. The summed E-state index contributed by atoms with van der Waals surface area (Å²) in [6.07, 6.45) is 2.94. The summed E-state index contributed by atoms with van der Waals surface area (Å²) in [7, 11) is 0. The summed E-state index contributed by atoms with van der Waals surface area (Å²) in [5.41, 5.74) is 1.68. The zero-order valence-electron chi connectivity index (χ0n) is 24.0. The summed E-state index contributed by atoms with van der Waals surface area (Å²) in [6.45, 7) is 3.63. The highest BCUT2D eigenvalue weighted by Crippen LogP contribution is 2.34. The largest absolute Gasteiger partial charge is 0.416 e. The summed E-state index contributed by atoms with van der Waals surface area (Å²) in [5, 5.41) is 11.4. The summed E-state index contributed by atoms with van der Waals surface area (Å²) >= 11 is 2.65. The first-order valence-corrected chi connectivity index (χ1v) is 16.1. The van der Waals surface area contributed by atoms with Gasteiger partial charge in [-0.3, -0.25) is 19.2 Å². The molecule has 5 aromatic rings.